The second kappa shape index (κ2) is 5.45. The number of hydrogen-bond acceptors (Lipinski definition) is 2. The zero-order chi connectivity index (χ0) is 12.3. The predicted octanol–water partition coefficient (Wildman–Crippen LogP) is 4.39. The van der Waals surface area contributed by atoms with E-state index < -0.39 is 0 Å². The van der Waals surface area contributed by atoms with E-state index in [4.69, 9.17) is 0 Å². The van der Waals surface area contributed by atoms with Crippen molar-refractivity contribution in [2.75, 3.05) is 6.54 Å². The van der Waals surface area contributed by atoms with Crippen LogP contribution in [0.5, 0.6) is 0 Å². The molecule has 1 aromatic rings. The van der Waals surface area contributed by atoms with Gasteiger partial charge < -0.3 is 5.32 Å². The van der Waals surface area contributed by atoms with Crippen LogP contribution in [-0.4, -0.2) is 11.3 Å². The third kappa shape index (κ3) is 3.75. The second-order valence-electron chi connectivity index (χ2n) is 5.75. The normalized spacial score (nSPS) is 21.5. The first-order valence-corrected chi connectivity index (χ1v) is 7.39. The lowest BCUT2D eigenvalue weighted by Crippen LogP contribution is -2.27. The largest absolute Gasteiger partial charge is 0.310 e. The van der Waals surface area contributed by atoms with Crippen molar-refractivity contribution in [3.63, 3.8) is 0 Å². The Morgan fingerprint density at radius 2 is 1.94 bits per heavy atom. The van der Waals surface area contributed by atoms with Gasteiger partial charge in [0.05, 0.1) is 0 Å². The molecular weight excluding hydrogens is 226 g/mol. The molecule has 0 aromatic heterocycles. The van der Waals surface area contributed by atoms with Crippen LogP contribution < -0.4 is 5.32 Å². The highest BCUT2D eigenvalue weighted by molar-refractivity contribution is 8.00. The van der Waals surface area contributed by atoms with E-state index in [0.29, 0.717) is 6.04 Å². The fourth-order valence-corrected chi connectivity index (χ4v) is 3.44. The molecule has 1 N–H and O–H groups in total. The van der Waals surface area contributed by atoms with Gasteiger partial charge in [0, 0.05) is 15.7 Å². The summed E-state index contributed by atoms with van der Waals surface area (Å²) in [5.74, 6) is 0. The standard InChI is InChI=1S/C15H23NS/c1-15(2,3)17-14-10-5-4-8-12(14)13-9-6-7-11-16-13/h4-5,8,10,13,16H,6-7,9,11H2,1-3H3/t13-/m0/s1. The molecule has 1 fully saturated rings. The van der Waals surface area contributed by atoms with E-state index in [1.807, 2.05) is 11.8 Å². The summed E-state index contributed by atoms with van der Waals surface area (Å²) >= 11 is 1.98. The van der Waals surface area contributed by atoms with E-state index in [1.54, 1.807) is 0 Å². The second-order valence-corrected chi connectivity index (χ2v) is 7.62. The molecule has 0 aliphatic carbocycles. The van der Waals surface area contributed by atoms with Crippen molar-refractivity contribution < 1.29 is 0 Å². The number of benzene rings is 1. The number of hydrogen-bond donors (Lipinski definition) is 1. The molecule has 2 heteroatoms. The van der Waals surface area contributed by atoms with Gasteiger partial charge in [-0.3, -0.25) is 0 Å². The van der Waals surface area contributed by atoms with E-state index in [-0.39, 0.29) is 4.75 Å². The minimum absolute atomic E-state index is 0.283. The van der Waals surface area contributed by atoms with Crippen molar-refractivity contribution in [2.45, 2.75) is 55.7 Å². The van der Waals surface area contributed by atoms with Crippen LogP contribution in [0.3, 0.4) is 0 Å². The Bertz CT molecular complexity index is 361. The number of rotatable bonds is 2. The van der Waals surface area contributed by atoms with Crippen LogP contribution in [0, 0.1) is 0 Å². The van der Waals surface area contributed by atoms with E-state index in [1.165, 1.54) is 36.3 Å². The topological polar surface area (TPSA) is 12.0 Å². The van der Waals surface area contributed by atoms with E-state index >= 15 is 0 Å². The smallest absolute Gasteiger partial charge is 0.0331 e. The average molecular weight is 249 g/mol. The Hall–Kier alpha value is -0.470. The minimum atomic E-state index is 0.283. The van der Waals surface area contributed by atoms with Crippen molar-refractivity contribution in [1.82, 2.24) is 5.32 Å². The van der Waals surface area contributed by atoms with Gasteiger partial charge in [-0.25, -0.2) is 0 Å². The van der Waals surface area contributed by atoms with Crippen LogP contribution >= 0.6 is 11.8 Å². The molecule has 0 amide bonds. The molecule has 1 atom stereocenters. The first-order valence-electron chi connectivity index (χ1n) is 6.57. The van der Waals surface area contributed by atoms with Crippen LogP contribution in [0.4, 0.5) is 0 Å². The third-order valence-electron chi connectivity index (χ3n) is 3.02. The molecule has 0 unspecified atom stereocenters. The van der Waals surface area contributed by atoms with Gasteiger partial charge in [-0.05, 0) is 31.0 Å². The van der Waals surface area contributed by atoms with Crippen molar-refractivity contribution in [2.24, 2.45) is 0 Å². The Kier molecular flexibility index (Phi) is 4.16. The predicted molar refractivity (Wildman–Crippen MR) is 76.6 cm³/mol. The molecule has 1 aliphatic heterocycles. The van der Waals surface area contributed by atoms with E-state index in [2.05, 4.69) is 50.4 Å². The molecule has 94 valence electrons. The Morgan fingerprint density at radius 1 is 1.18 bits per heavy atom. The molecule has 1 heterocycles. The summed E-state index contributed by atoms with van der Waals surface area (Å²) < 4.78 is 0.283. The molecule has 17 heavy (non-hydrogen) atoms. The summed E-state index contributed by atoms with van der Waals surface area (Å²) in [4.78, 5) is 1.44. The summed E-state index contributed by atoms with van der Waals surface area (Å²) in [6.07, 6.45) is 3.96. The molecule has 1 nitrogen and oxygen atoms in total. The van der Waals surface area contributed by atoms with Crippen molar-refractivity contribution in [3.05, 3.63) is 29.8 Å². The SMILES string of the molecule is CC(C)(C)Sc1ccccc1[C@@H]1CCCCN1. The number of piperidine rings is 1. The molecule has 0 bridgehead atoms. The number of nitrogens with one attached hydrogen (secondary N) is 1. The van der Waals surface area contributed by atoms with Gasteiger partial charge >= 0.3 is 0 Å². The van der Waals surface area contributed by atoms with Crippen molar-refractivity contribution >= 4 is 11.8 Å². The van der Waals surface area contributed by atoms with E-state index in [0.717, 1.165) is 0 Å². The van der Waals surface area contributed by atoms with Gasteiger partial charge in [0.2, 0.25) is 0 Å². The summed E-state index contributed by atoms with van der Waals surface area (Å²) in [6.45, 7) is 8.01. The zero-order valence-corrected chi connectivity index (χ0v) is 11.9. The molecule has 2 rings (SSSR count). The first kappa shape index (κ1) is 13.0. The van der Waals surface area contributed by atoms with Gasteiger partial charge in [-0.2, -0.15) is 0 Å². The van der Waals surface area contributed by atoms with Gasteiger partial charge in [0.15, 0.2) is 0 Å². The lowest BCUT2D eigenvalue weighted by Gasteiger charge is -2.27. The lowest BCUT2D eigenvalue weighted by atomic mass is 9.98. The van der Waals surface area contributed by atoms with Crippen LogP contribution in [0.1, 0.15) is 51.6 Å². The third-order valence-corrected chi connectivity index (χ3v) is 4.22. The summed E-state index contributed by atoms with van der Waals surface area (Å²) in [5, 5.41) is 3.65. The molecule has 0 spiro atoms. The summed E-state index contributed by atoms with van der Waals surface area (Å²) in [6, 6.07) is 9.44. The first-order chi connectivity index (χ1) is 8.06. The molecular formula is C15H23NS. The number of thioether (sulfide) groups is 1. The molecule has 1 aliphatic rings. The summed E-state index contributed by atoms with van der Waals surface area (Å²) in [5.41, 5.74) is 1.49. The fourth-order valence-electron chi connectivity index (χ4n) is 2.31. The maximum Gasteiger partial charge on any atom is 0.0331 e. The highest BCUT2D eigenvalue weighted by Crippen LogP contribution is 2.37. The quantitative estimate of drug-likeness (QED) is 0.780. The zero-order valence-electron chi connectivity index (χ0n) is 11.1. The Morgan fingerprint density at radius 3 is 2.59 bits per heavy atom. The highest BCUT2D eigenvalue weighted by Gasteiger charge is 2.20. The maximum absolute atomic E-state index is 3.65. The molecule has 1 aromatic carbocycles. The fraction of sp³-hybridized carbons (Fsp3) is 0.600. The molecule has 0 radical (unpaired) electrons. The van der Waals surface area contributed by atoms with Crippen molar-refractivity contribution in [3.8, 4) is 0 Å². The minimum Gasteiger partial charge on any atom is -0.310 e. The summed E-state index contributed by atoms with van der Waals surface area (Å²) in [7, 11) is 0. The Balaban J connectivity index is 2.20. The molecule has 0 saturated carbocycles. The van der Waals surface area contributed by atoms with Crippen LogP contribution in [0.25, 0.3) is 0 Å². The van der Waals surface area contributed by atoms with Gasteiger partial charge in [0.25, 0.3) is 0 Å². The molecule has 1 saturated heterocycles. The van der Waals surface area contributed by atoms with Gasteiger partial charge in [-0.1, -0.05) is 45.4 Å². The maximum atomic E-state index is 3.65. The highest BCUT2D eigenvalue weighted by atomic mass is 32.2. The Labute approximate surface area is 109 Å². The van der Waals surface area contributed by atoms with Crippen LogP contribution in [0.15, 0.2) is 29.2 Å². The van der Waals surface area contributed by atoms with Crippen molar-refractivity contribution in [1.29, 1.82) is 0 Å². The lowest BCUT2D eigenvalue weighted by molar-refractivity contribution is 0.408. The average Bonchev–Trinajstić information content (AvgIpc) is 2.29. The van der Waals surface area contributed by atoms with Gasteiger partial charge in [0.1, 0.15) is 0 Å². The monoisotopic (exact) mass is 249 g/mol. The van der Waals surface area contributed by atoms with Gasteiger partial charge in [-0.15, -0.1) is 11.8 Å². The van der Waals surface area contributed by atoms with Crippen LogP contribution in [-0.2, 0) is 0 Å². The van der Waals surface area contributed by atoms with E-state index in [9.17, 15) is 0 Å². The van der Waals surface area contributed by atoms with Crippen LogP contribution in [0.2, 0.25) is 0 Å².